The number of nitrogens with zero attached hydrogens (tertiary/aromatic N) is 4. The molecule has 0 aliphatic carbocycles. The molecule has 0 unspecified atom stereocenters. The summed E-state index contributed by atoms with van der Waals surface area (Å²) in [5, 5.41) is 23.5. The quantitative estimate of drug-likeness (QED) is 0.0753. The molecule has 13 nitrogen and oxygen atoms in total. The summed E-state index contributed by atoms with van der Waals surface area (Å²) < 4.78 is 64.1. The van der Waals surface area contributed by atoms with Crippen molar-refractivity contribution >= 4 is 36.6 Å². The third kappa shape index (κ3) is 9.57. The molecule has 36 heavy (non-hydrogen) atoms. The summed E-state index contributed by atoms with van der Waals surface area (Å²) in [7, 11) is -3.87. The molecule has 3 N–H and O–H groups in total. The number of aromatic nitrogens is 4. The van der Waals surface area contributed by atoms with Gasteiger partial charge >= 0.3 is 65.3 Å². The normalized spacial score (nSPS) is 22.3. The first-order valence-electron chi connectivity index (χ1n) is 9.75. The Balaban J connectivity index is 0.00000324. The van der Waals surface area contributed by atoms with Crippen LogP contribution >= 0.6 is 19.6 Å². The molecule has 1 fully saturated rings. The van der Waals surface area contributed by atoms with Crippen LogP contribution < -0.4 is 74.2 Å². The van der Waals surface area contributed by atoms with Crippen LogP contribution in [0.25, 0.3) is 11.2 Å². The minimum atomic E-state index is -5.35. The number of nitrogens with one attached hydrogen (secondary N) is 1. The molecule has 3 rings (SSSR count). The van der Waals surface area contributed by atoms with E-state index < -0.39 is 51.6 Å². The van der Waals surface area contributed by atoms with Crippen molar-refractivity contribution in [3.63, 3.8) is 0 Å². The molecule has 2 aromatic rings. The second kappa shape index (κ2) is 14.7. The molecule has 20 heteroatoms. The third-order valence-corrected chi connectivity index (χ3v) is 5.94. The zero-order chi connectivity index (χ0) is 25.1. The first-order chi connectivity index (χ1) is 15.9. The van der Waals surface area contributed by atoms with Gasteiger partial charge in [0.25, 0.3) is 0 Å². The van der Waals surface area contributed by atoms with Gasteiger partial charge in [0.2, 0.25) is 0 Å². The Bertz CT molecular complexity index is 1040. The van der Waals surface area contributed by atoms with E-state index in [1.54, 1.807) is 0 Å². The van der Waals surface area contributed by atoms with E-state index in [4.69, 9.17) is 9.47 Å². The van der Waals surface area contributed by atoms with E-state index in [0.29, 0.717) is 13.2 Å². The van der Waals surface area contributed by atoms with Gasteiger partial charge in [-0.3, -0.25) is 4.57 Å². The number of hydrogen-bond donors (Lipinski definition) is 3. The monoisotopic (exact) mass is 577 g/mol. The number of fused-ring (bicyclic) bond motifs is 1. The van der Waals surface area contributed by atoms with Crippen molar-refractivity contribution in [3.8, 4) is 0 Å². The molecule has 0 spiro atoms. The van der Waals surface area contributed by atoms with Crippen molar-refractivity contribution in [2.45, 2.75) is 42.3 Å². The summed E-state index contributed by atoms with van der Waals surface area (Å²) in [5.41, 5.74) is 0.269. The summed E-state index contributed by atoms with van der Waals surface area (Å²) >= 11 is 0.755. The van der Waals surface area contributed by atoms with Crippen LogP contribution in [0.4, 0.5) is 19.0 Å². The van der Waals surface area contributed by atoms with Crippen molar-refractivity contribution in [2.75, 3.05) is 37.9 Å². The fourth-order valence-electron chi connectivity index (χ4n) is 3.06. The summed E-state index contributed by atoms with van der Waals surface area (Å²) in [5.74, 6) is -0.145. The predicted molar refractivity (Wildman–Crippen MR) is 107 cm³/mol. The van der Waals surface area contributed by atoms with E-state index in [2.05, 4.69) is 24.8 Å². The van der Waals surface area contributed by atoms with E-state index in [9.17, 15) is 37.7 Å². The fourth-order valence-corrected chi connectivity index (χ4v) is 4.21. The molecule has 3 heterocycles. The Kier molecular flexibility index (Phi) is 14.1. The fraction of sp³-hybridized carbons (Fsp3) is 0.688. The standard InChI is InChI=1S/C16H23F3N5O8PS.2Na/c1-30-4-3-20-12-9-13(23-15(22-12)34-5-2-16(17,18)19)24(7-21-9)14-11(26)10(25)8(32-14)6-31-33(27,28)29;;/h7-8,10-11,14,25-26H,2-6H2,1H3,(H,20,22,23)(H2,27,28,29);;/q;2*+1/p-2/t8-,10-,11-,14-;;/m1../s1. The predicted octanol–water partition coefficient (Wildman–Crippen LogP) is -6.60. The molecule has 0 radical (unpaired) electrons. The summed E-state index contributed by atoms with van der Waals surface area (Å²) in [4.78, 5) is 34.0. The van der Waals surface area contributed by atoms with E-state index in [1.165, 1.54) is 18.0 Å². The van der Waals surface area contributed by atoms with Crippen LogP contribution in [0.1, 0.15) is 12.6 Å². The van der Waals surface area contributed by atoms with Crippen LogP contribution in [0.2, 0.25) is 0 Å². The van der Waals surface area contributed by atoms with Gasteiger partial charge in [-0.2, -0.15) is 13.2 Å². The van der Waals surface area contributed by atoms with Crippen LogP contribution in [0.3, 0.4) is 0 Å². The number of phosphoric ester groups is 1. The van der Waals surface area contributed by atoms with Crippen molar-refractivity contribution < 1.29 is 111 Å². The zero-order valence-corrected chi connectivity index (χ0v) is 25.3. The summed E-state index contributed by atoms with van der Waals surface area (Å²) in [6, 6.07) is 0. The molecule has 0 saturated carbocycles. The van der Waals surface area contributed by atoms with Crippen LogP contribution in [0.5, 0.6) is 0 Å². The Morgan fingerprint density at radius 1 is 1.28 bits per heavy atom. The average Bonchev–Trinajstić information content (AvgIpc) is 3.27. The van der Waals surface area contributed by atoms with Gasteiger partial charge in [-0.1, -0.05) is 11.8 Å². The van der Waals surface area contributed by atoms with Crippen molar-refractivity contribution in [3.05, 3.63) is 6.33 Å². The number of hydrogen-bond acceptors (Lipinski definition) is 13. The first-order valence-corrected chi connectivity index (χ1v) is 12.2. The molecule has 2 aromatic heterocycles. The van der Waals surface area contributed by atoms with Crippen LogP contribution in [-0.2, 0) is 18.6 Å². The Labute approximate surface area is 251 Å². The van der Waals surface area contributed by atoms with Crippen LogP contribution in [0, 0.1) is 0 Å². The summed E-state index contributed by atoms with van der Waals surface area (Å²) in [6.07, 6.45) is -10.1. The van der Waals surface area contributed by atoms with Crippen molar-refractivity contribution in [1.82, 2.24) is 19.5 Å². The maximum Gasteiger partial charge on any atom is 1.00 e. The number of rotatable bonds is 11. The Morgan fingerprint density at radius 2 is 1.97 bits per heavy atom. The van der Waals surface area contributed by atoms with Gasteiger partial charge in [0.1, 0.15) is 18.3 Å². The molecular weight excluding hydrogens is 556 g/mol. The molecule has 1 aliphatic rings. The van der Waals surface area contributed by atoms with Crippen LogP contribution in [0.15, 0.2) is 11.5 Å². The molecular formula is C16H21F3N5Na2O8PS. The first kappa shape index (κ1) is 34.5. The maximum absolute atomic E-state index is 12.5. The van der Waals surface area contributed by atoms with Gasteiger partial charge in [0.05, 0.1) is 33.8 Å². The van der Waals surface area contributed by atoms with Gasteiger partial charge < -0.3 is 43.9 Å². The van der Waals surface area contributed by atoms with Gasteiger partial charge in [-0.05, 0) is 0 Å². The second-order valence-corrected chi connectivity index (χ2v) is 9.32. The zero-order valence-electron chi connectivity index (χ0n) is 19.5. The third-order valence-electron chi connectivity index (χ3n) is 4.62. The largest absolute Gasteiger partial charge is 1.00 e. The van der Waals surface area contributed by atoms with Gasteiger partial charge in [0.15, 0.2) is 28.4 Å². The average molecular weight is 577 g/mol. The SMILES string of the molecule is COCCNc1nc(SCCC(F)(F)F)nc2c1ncn2[C@@H]1O[C@H](COP(=O)([O-])[O-])[C@@H](O)[C@H]1O.[Na+].[Na+]. The molecule has 0 bridgehead atoms. The van der Waals surface area contributed by atoms with Crippen LogP contribution in [-0.4, -0.2) is 86.8 Å². The second-order valence-electron chi connectivity index (χ2n) is 7.10. The molecule has 0 aromatic carbocycles. The Morgan fingerprint density at radius 3 is 2.58 bits per heavy atom. The molecule has 1 saturated heterocycles. The molecule has 4 atom stereocenters. The number of imidazole rings is 1. The molecule has 192 valence electrons. The minimum absolute atomic E-state index is 0. The smallest absolute Gasteiger partial charge is 0.790 e. The van der Waals surface area contributed by atoms with E-state index in [1.807, 2.05) is 0 Å². The van der Waals surface area contributed by atoms with E-state index in [-0.39, 0.29) is 87.0 Å². The molecule has 0 amide bonds. The number of aliphatic hydroxyl groups is 2. The topological polar surface area (TPSA) is 187 Å². The number of aliphatic hydroxyl groups excluding tert-OH is 2. The number of thioether (sulfide) groups is 1. The number of alkyl halides is 3. The summed E-state index contributed by atoms with van der Waals surface area (Å²) in [6.45, 7) is -0.236. The van der Waals surface area contributed by atoms with Gasteiger partial charge in [-0.15, -0.1) is 0 Å². The number of ether oxygens (including phenoxy) is 2. The van der Waals surface area contributed by atoms with Gasteiger partial charge in [-0.25, -0.2) is 15.0 Å². The van der Waals surface area contributed by atoms with E-state index in [0.717, 1.165) is 11.8 Å². The number of halogens is 3. The number of phosphoric acid groups is 1. The van der Waals surface area contributed by atoms with Crippen molar-refractivity contribution in [1.29, 1.82) is 0 Å². The van der Waals surface area contributed by atoms with E-state index >= 15 is 0 Å². The van der Waals surface area contributed by atoms with Gasteiger partial charge in [0, 0.05) is 19.4 Å². The minimum Gasteiger partial charge on any atom is -0.790 e. The van der Waals surface area contributed by atoms with Crippen molar-refractivity contribution in [2.24, 2.45) is 0 Å². The number of methoxy groups -OCH3 is 1. The Hall–Kier alpha value is 0.440. The maximum atomic E-state index is 12.5. The number of anilines is 1. The molecule has 1 aliphatic heterocycles.